The molecule has 0 saturated heterocycles. The van der Waals surface area contributed by atoms with Crippen LogP contribution in [0.25, 0.3) is 65.3 Å². The standard InChI is InChI=1S/C44H29N/c1-3-14-30(15-4-1)33-20-7-9-26-40(33)45(41-27-10-8-21-34(41)31-16-5-2-6-17-31)42-29-28-38-36-23-12-19-32-18-11-22-35(43(32)36)37-24-13-25-39(42)44(37)38/h1-29H. The molecule has 0 spiro atoms. The minimum Gasteiger partial charge on any atom is -0.309 e. The Balaban J connectivity index is 1.41. The Morgan fingerprint density at radius 1 is 0.267 bits per heavy atom. The van der Waals surface area contributed by atoms with Crippen molar-refractivity contribution >= 4 is 60.2 Å². The predicted octanol–water partition coefficient (Wildman–Crippen LogP) is 12.5. The van der Waals surface area contributed by atoms with E-state index < -0.39 is 0 Å². The van der Waals surface area contributed by atoms with Gasteiger partial charge in [-0.25, -0.2) is 0 Å². The van der Waals surface area contributed by atoms with Crippen molar-refractivity contribution < 1.29 is 0 Å². The Hall–Kier alpha value is -5.92. The molecule has 0 aromatic heterocycles. The van der Waals surface area contributed by atoms with Crippen molar-refractivity contribution in [3.8, 4) is 22.3 Å². The van der Waals surface area contributed by atoms with Crippen molar-refractivity contribution in [3.05, 3.63) is 176 Å². The van der Waals surface area contributed by atoms with Gasteiger partial charge < -0.3 is 4.90 Å². The van der Waals surface area contributed by atoms with Crippen LogP contribution in [0.15, 0.2) is 176 Å². The van der Waals surface area contributed by atoms with Crippen molar-refractivity contribution in [2.75, 3.05) is 4.90 Å². The summed E-state index contributed by atoms with van der Waals surface area (Å²) in [7, 11) is 0. The fourth-order valence-electron chi connectivity index (χ4n) is 7.28. The van der Waals surface area contributed by atoms with E-state index in [1.165, 1.54) is 65.3 Å². The van der Waals surface area contributed by atoms with Gasteiger partial charge in [0.05, 0.1) is 17.1 Å². The first-order chi connectivity index (χ1) is 22.4. The van der Waals surface area contributed by atoms with Crippen molar-refractivity contribution in [1.82, 2.24) is 0 Å². The largest absolute Gasteiger partial charge is 0.309 e. The normalized spacial score (nSPS) is 11.6. The number of nitrogens with zero attached hydrogens (tertiary/aromatic N) is 1. The maximum atomic E-state index is 2.48. The molecule has 0 atom stereocenters. The van der Waals surface area contributed by atoms with Crippen LogP contribution in [0.1, 0.15) is 0 Å². The molecule has 0 amide bonds. The topological polar surface area (TPSA) is 3.24 Å². The van der Waals surface area contributed by atoms with E-state index in [1.54, 1.807) is 0 Å². The first-order valence-electron chi connectivity index (χ1n) is 15.5. The molecule has 1 heteroatoms. The lowest BCUT2D eigenvalue weighted by Crippen LogP contribution is -2.13. The van der Waals surface area contributed by atoms with Gasteiger partial charge in [-0.05, 0) is 67.0 Å². The maximum Gasteiger partial charge on any atom is 0.0541 e. The minimum atomic E-state index is 1.14. The zero-order chi connectivity index (χ0) is 29.7. The Morgan fingerprint density at radius 3 is 1.29 bits per heavy atom. The highest BCUT2D eigenvalue weighted by molar-refractivity contribution is 6.34. The van der Waals surface area contributed by atoms with Gasteiger partial charge in [0.1, 0.15) is 0 Å². The van der Waals surface area contributed by atoms with Gasteiger partial charge in [0.2, 0.25) is 0 Å². The van der Waals surface area contributed by atoms with Crippen molar-refractivity contribution in [2.24, 2.45) is 0 Å². The van der Waals surface area contributed by atoms with Crippen molar-refractivity contribution in [3.63, 3.8) is 0 Å². The van der Waals surface area contributed by atoms with E-state index in [1.807, 2.05) is 0 Å². The fourth-order valence-corrected chi connectivity index (χ4v) is 7.28. The summed E-state index contributed by atoms with van der Waals surface area (Å²) in [6.45, 7) is 0. The Morgan fingerprint density at radius 2 is 0.711 bits per heavy atom. The SMILES string of the molecule is c1ccc(-c2ccccc2N(c2ccccc2-c2ccccc2)c2ccc3c4cccc5cccc(c6cccc2c63)c54)cc1. The molecule has 0 aliphatic rings. The molecule has 9 aromatic rings. The van der Waals surface area contributed by atoms with Crippen molar-refractivity contribution in [1.29, 1.82) is 0 Å². The van der Waals surface area contributed by atoms with Crippen LogP contribution in [0.4, 0.5) is 17.1 Å². The van der Waals surface area contributed by atoms with E-state index in [-0.39, 0.29) is 0 Å². The number of benzene rings is 9. The van der Waals surface area contributed by atoms with E-state index in [2.05, 4.69) is 181 Å². The molecule has 0 aliphatic carbocycles. The highest BCUT2D eigenvalue weighted by Crippen LogP contribution is 2.49. The molecule has 9 aromatic carbocycles. The van der Waals surface area contributed by atoms with Crippen LogP contribution >= 0.6 is 0 Å². The Labute approximate surface area is 262 Å². The number of hydrogen-bond acceptors (Lipinski definition) is 1. The average molecular weight is 572 g/mol. The van der Waals surface area contributed by atoms with Crippen LogP contribution in [0, 0.1) is 0 Å². The monoisotopic (exact) mass is 571 g/mol. The zero-order valence-electron chi connectivity index (χ0n) is 24.7. The van der Waals surface area contributed by atoms with E-state index in [0.717, 1.165) is 17.1 Å². The molecule has 210 valence electrons. The van der Waals surface area contributed by atoms with Gasteiger partial charge in [-0.3, -0.25) is 0 Å². The second-order valence-corrected chi connectivity index (χ2v) is 11.7. The van der Waals surface area contributed by atoms with Crippen LogP contribution in [-0.2, 0) is 0 Å². The highest BCUT2D eigenvalue weighted by atomic mass is 15.1. The third kappa shape index (κ3) is 4.02. The van der Waals surface area contributed by atoms with Gasteiger partial charge in [0, 0.05) is 16.5 Å². The summed E-state index contributed by atoms with van der Waals surface area (Å²) in [6, 6.07) is 63.9. The molecular weight excluding hydrogens is 542 g/mol. The third-order valence-electron chi connectivity index (χ3n) is 9.20. The van der Waals surface area contributed by atoms with Crippen LogP contribution < -0.4 is 4.90 Å². The summed E-state index contributed by atoms with van der Waals surface area (Å²) in [5.74, 6) is 0. The van der Waals surface area contributed by atoms with Gasteiger partial charge in [-0.15, -0.1) is 0 Å². The first kappa shape index (κ1) is 25.6. The molecule has 9 rings (SSSR count). The van der Waals surface area contributed by atoms with Gasteiger partial charge in [0.25, 0.3) is 0 Å². The van der Waals surface area contributed by atoms with E-state index >= 15 is 0 Å². The van der Waals surface area contributed by atoms with E-state index in [4.69, 9.17) is 0 Å². The molecule has 1 nitrogen and oxygen atoms in total. The van der Waals surface area contributed by atoms with Gasteiger partial charge in [-0.1, -0.05) is 158 Å². The molecule has 0 radical (unpaired) electrons. The number of fused-ring (bicyclic) bond motifs is 2. The molecule has 0 saturated carbocycles. The van der Waals surface area contributed by atoms with Crippen LogP contribution in [0.2, 0.25) is 0 Å². The lowest BCUT2D eigenvalue weighted by Gasteiger charge is -2.31. The number of para-hydroxylation sites is 2. The van der Waals surface area contributed by atoms with Gasteiger partial charge in [-0.2, -0.15) is 0 Å². The predicted molar refractivity (Wildman–Crippen MR) is 193 cm³/mol. The molecule has 0 bridgehead atoms. The lowest BCUT2D eigenvalue weighted by molar-refractivity contribution is 1.30. The average Bonchev–Trinajstić information content (AvgIpc) is 3.12. The van der Waals surface area contributed by atoms with Gasteiger partial charge in [0.15, 0.2) is 0 Å². The Bertz CT molecular complexity index is 2340. The minimum absolute atomic E-state index is 1.14. The van der Waals surface area contributed by atoms with Crippen LogP contribution in [-0.4, -0.2) is 0 Å². The molecule has 45 heavy (non-hydrogen) atoms. The second kappa shape index (κ2) is 10.4. The summed E-state index contributed by atoms with van der Waals surface area (Å²) in [6.07, 6.45) is 0. The van der Waals surface area contributed by atoms with Crippen LogP contribution in [0.5, 0.6) is 0 Å². The number of rotatable bonds is 5. The summed E-state index contributed by atoms with van der Waals surface area (Å²) < 4.78 is 0. The molecule has 0 unspecified atom stereocenters. The summed E-state index contributed by atoms with van der Waals surface area (Å²) in [5.41, 5.74) is 8.22. The molecule has 0 fully saturated rings. The Kier molecular flexibility index (Phi) is 5.89. The molecule has 0 N–H and O–H groups in total. The molecule has 0 aliphatic heterocycles. The lowest BCUT2D eigenvalue weighted by atomic mass is 9.89. The smallest absolute Gasteiger partial charge is 0.0541 e. The first-order valence-corrected chi connectivity index (χ1v) is 15.5. The van der Waals surface area contributed by atoms with Gasteiger partial charge >= 0.3 is 0 Å². The second-order valence-electron chi connectivity index (χ2n) is 11.7. The highest BCUT2D eigenvalue weighted by Gasteiger charge is 2.23. The summed E-state index contributed by atoms with van der Waals surface area (Å²) in [4.78, 5) is 2.48. The number of hydrogen-bond donors (Lipinski definition) is 0. The fraction of sp³-hybridized carbons (Fsp3) is 0. The quantitative estimate of drug-likeness (QED) is 0.147. The zero-order valence-corrected chi connectivity index (χ0v) is 24.7. The van der Waals surface area contributed by atoms with E-state index in [9.17, 15) is 0 Å². The maximum absolute atomic E-state index is 2.48. The molecular formula is C44H29N. The van der Waals surface area contributed by atoms with Crippen LogP contribution in [0.3, 0.4) is 0 Å². The van der Waals surface area contributed by atoms with Crippen molar-refractivity contribution in [2.45, 2.75) is 0 Å². The third-order valence-corrected chi connectivity index (χ3v) is 9.20. The molecule has 0 heterocycles. The number of anilines is 3. The van der Waals surface area contributed by atoms with E-state index in [0.29, 0.717) is 0 Å². The summed E-state index contributed by atoms with van der Waals surface area (Å²) >= 11 is 0. The summed E-state index contributed by atoms with van der Waals surface area (Å²) in [5, 5.41) is 10.4.